The minimum absolute atomic E-state index is 0.240. The molecule has 0 unspecified atom stereocenters. The number of pyridine rings is 1. The van der Waals surface area contributed by atoms with Gasteiger partial charge in [0.15, 0.2) is 0 Å². The van der Waals surface area contributed by atoms with Crippen LogP contribution in [0.5, 0.6) is 0 Å². The molecule has 1 N–H and O–H groups in total. The van der Waals surface area contributed by atoms with Gasteiger partial charge < -0.3 is 14.3 Å². The Morgan fingerprint density at radius 3 is 2.24 bits per heavy atom. The van der Waals surface area contributed by atoms with Crippen LogP contribution in [0.2, 0.25) is 5.02 Å². The molecule has 2 heterocycles. The number of hydrogen-bond acceptors (Lipinski definition) is 3. The van der Waals surface area contributed by atoms with Crippen molar-refractivity contribution < 1.29 is 9.31 Å². The second-order valence-corrected chi connectivity index (χ2v) is 5.60. The van der Waals surface area contributed by atoms with E-state index in [0.717, 1.165) is 0 Å². The summed E-state index contributed by atoms with van der Waals surface area (Å²) in [6.07, 6.45) is 1.53. The molecule has 92 valence electrons. The summed E-state index contributed by atoms with van der Waals surface area (Å²) in [7, 11) is -0.552. The number of halogens is 1. The SMILES string of the molecule is CC1(C)OB(c2c[nH]c(=O)cc2Cl)OC1(C)C. The van der Waals surface area contributed by atoms with E-state index < -0.39 is 18.3 Å². The topological polar surface area (TPSA) is 51.3 Å². The van der Waals surface area contributed by atoms with E-state index in [9.17, 15) is 4.79 Å². The molecule has 0 amide bonds. The van der Waals surface area contributed by atoms with Crippen molar-refractivity contribution in [3.05, 3.63) is 27.6 Å². The highest BCUT2D eigenvalue weighted by Crippen LogP contribution is 2.36. The van der Waals surface area contributed by atoms with E-state index in [0.29, 0.717) is 10.5 Å². The van der Waals surface area contributed by atoms with Crippen LogP contribution in [0.15, 0.2) is 17.1 Å². The van der Waals surface area contributed by atoms with Gasteiger partial charge in [-0.2, -0.15) is 0 Å². The maximum Gasteiger partial charge on any atom is 0.497 e. The van der Waals surface area contributed by atoms with E-state index in [-0.39, 0.29) is 5.56 Å². The zero-order valence-corrected chi connectivity index (χ0v) is 11.1. The zero-order valence-electron chi connectivity index (χ0n) is 10.3. The highest BCUT2D eigenvalue weighted by molar-refractivity contribution is 6.65. The molecule has 1 aromatic heterocycles. The minimum Gasteiger partial charge on any atom is -0.399 e. The van der Waals surface area contributed by atoms with Gasteiger partial charge in [0.25, 0.3) is 0 Å². The van der Waals surface area contributed by atoms with Crippen molar-refractivity contribution in [1.29, 1.82) is 0 Å². The predicted molar refractivity (Wildman–Crippen MR) is 67.8 cm³/mol. The van der Waals surface area contributed by atoms with Gasteiger partial charge in [0.2, 0.25) is 5.56 Å². The first-order chi connectivity index (χ1) is 7.73. The summed E-state index contributed by atoms with van der Waals surface area (Å²) < 4.78 is 11.7. The van der Waals surface area contributed by atoms with Gasteiger partial charge in [-0.25, -0.2) is 0 Å². The van der Waals surface area contributed by atoms with Crippen LogP contribution in [0.3, 0.4) is 0 Å². The van der Waals surface area contributed by atoms with Crippen LogP contribution in [-0.2, 0) is 9.31 Å². The summed E-state index contributed by atoms with van der Waals surface area (Å²) in [5.41, 5.74) is -0.436. The molecular weight excluding hydrogens is 240 g/mol. The first kappa shape index (κ1) is 12.7. The van der Waals surface area contributed by atoms with Gasteiger partial charge in [0.1, 0.15) is 0 Å². The molecule has 1 aromatic rings. The Bertz CT molecular complexity index is 482. The number of hydrogen-bond donors (Lipinski definition) is 1. The van der Waals surface area contributed by atoms with Gasteiger partial charge in [-0.3, -0.25) is 4.79 Å². The number of aromatic nitrogens is 1. The van der Waals surface area contributed by atoms with E-state index in [2.05, 4.69) is 4.98 Å². The molecular formula is C11H15BClNO3. The Morgan fingerprint density at radius 1 is 1.24 bits per heavy atom. The van der Waals surface area contributed by atoms with Crippen molar-refractivity contribution in [2.75, 3.05) is 0 Å². The number of H-pyrrole nitrogens is 1. The average Bonchev–Trinajstić information content (AvgIpc) is 2.35. The van der Waals surface area contributed by atoms with Crippen molar-refractivity contribution in [3.8, 4) is 0 Å². The molecule has 0 atom stereocenters. The van der Waals surface area contributed by atoms with Gasteiger partial charge in [0.05, 0.1) is 11.2 Å². The van der Waals surface area contributed by atoms with Crippen molar-refractivity contribution in [3.63, 3.8) is 0 Å². The summed E-state index contributed by atoms with van der Waals surface area (Å²) >= 11 is 6.02. The van der Waals surface area contributed by atoms with Gasteiger partial charge in [-0.15, -0.1) is 0 Å². The van der Waals surface area contributed by atoms with E-state index >= 15 is 0 Å². The third-order valence-electron chi connectivity index (χ3n) is 3.41. The molecule has 6 heteroatoms. The molecule has 4 nitrogen and oxygen atoms in total. The zero-order chi connectivity index (χ0) is 12.8. The van der Waals surface area contributed by atoms with Gasteiger partial charge >= 0.3 is 7.12 Å². The van der Waals surface area contributed by atoms with Crippen molar-refractivity contribution >= 4 is 24.2 Å². The molecule has 0 bridgehead atoms. The fourth-order valence-corrected chi connectivity index (χ4v) is 1.85. The second kappa shape index (κ2) is 3.87. The number of nitrogens with one attached hydrogen (secondary N) is 1. The lowest BCUT2D eigenvalue weighted by molar-refractivity contribution is 0.00578. The molecule has 17 heavy (non-hydrogen) atoms. The average molecular weight is 256 g/mol. The van der Waals surface area contributed by atoms with Crippen LogP contribution in [0, 0.1) is 0 Å². The van der Waals surface area contributed by atoms with Crippen molar-refractivity contribution in [1.82, 2.24) is 4.98 Å². The third-order valence-corrected chi connectivity index (χ3v) is 3.74. The largest absolute Gasteiger partial charge is 0.497 e. The van der Waals surface area contributed by atoms with Crippen molar-refractivity contribution in [2.24, 2.45) is 0 Å². The summed E-state index contributed by atoms with van der Waals surface area (Å²) in [4.78, 5) is 13.7. The quantitative estimate of drug-likeness (QED) is 0.770. The van der Waals surface area contributed by atoms with Gasteiger partial charge in [-0.1, -0.05) is 11.6 Å². The monoisotopic (exact) mass is 255 g/mol. The van der Waals surface area contributed by atoms with Crippen LogP contribution >= 0.6 is 11.6 Å². The van der Waals surface area contributed by atoms with E-state index in [1.165, 1.54) is 12.3 Å². The van der Waals surface area contributed by atoms with Crippen LogP contribution in [0.25, 0.3) is 0 Å². The van der Waals surface area contributed by atoms with Crippen LogP contribution < -0.4 is 11.0 Å². The summed E-state index contributed by atoms with van der Waals surface area (Å²) in [6, 6.07) is 1.32. The third kappa shape index (κ3) is 2.15. The lowest BCUT2D eigenvalue weighted by Crippen LogP contribution is -2.41. The van der Waals surface area contributed by atoms with Crippen LogP contribution in [-0.4, -0.2) is 23.3 Å². The molecule has 1 saturated heterocycles. The molecule has 0 aromatic carbocycles. The Hall–Kier alpha value is -0.775. The van der Waals surface area contributed by atoms with E-state index in [4.69, 9.17) is 20.9 Å². The molecule has 1 aliphatic rings. The normalized spacial score (nSPS) is 21.8. The first-order valence-electron chi connectivity index (χ1n) is 5.47. The van der Waals surface area contributed by atoms with Gasteiger partial charge in [-0.05, 0) is 27.7 Å². The lowest BCUT2D eigenvalue weighted by atomic mass is 9.80. The maximum absolute atomic E-state index is 11.1. The Balaban J connectivity index is 2.35. The van der Waals surface area contributed by atoms with Gasteiger partial charge in [0, 0.05) is 22.7 Å². The second-order valence-electron chi connectivity index (χ2n) is 5.19. The minimum atomic E-state index is -0.552. The Kier molecular flexibility index (Phi) is 2.88. The van der Waals surface area contributed by atoms with E-state index in [1.54, 1.807) is 0 Å². The highest BCUT2D eigenvalue weighted by Gasteiger charge is 2.52. The number of aromatic amines is 1. The van der Waals surface area contributed by atoms with Crippen LogP contribution in [0.1, 0.15) is 27.7 Å². The van der Waals surface area contributed by atoms with Crippen LogP contribution in [0.4, 0.5) is 0 Å². The lowest BCUT2D eigenvalue weighted by Gasteiger charge is -2.32. The fraction of sp³-hybridized carbons (Fsp3) is 0.545. The number of rotatable bonds is 1. The molecule has 0 radical (unpaired) electrons. The van der Waals surface area contributed by atoms with Crippen molar-refractivity contribution in [2.45, 2.75) is 38.9 Å². The predicted octanol–water partition coefficient (Wildman–Crippen LogP) is 1.33. The summed E-state index contributed by atoms with van der Waals surface area (Å²) in [5, 5.41) is 0.354. The molecule has 0 spiro atoms. The molecule has 2 rings (SSSR count). The Labute approximate surface area is 105 Å². The fourth-order valence-electron chi connectivity index (χ4n) is 1.61. The van der Waals surface area contributed by atoms with E-state index in [1.807, 2.05) is 27.7 Å². The summed E-state index contributed by atoms with van der Waals surface area (Å²) in [5.74, 6) is 0. The molecule has 1 fully saturated rings. The standard InChI is InChI=1S/C11H15BClNO3/c1-10(2)11(3,4)17-12(16-10)7-6-14-9(15)5-8(7)13/h5-6H,1-4H3,(H,14,15). The molecule has 1 aliphatic heterocycles. The highest BCUT2D eigenvalue weighted by atomic mass is 35.5. The molecule has 0 saturated carbocycles. The molecule has 0 aliphatic carbocycles. The Morgan fingerprint density at radius 2 is 1.76 bits per heavy atom. The first-order valence-corrected chi connectivity index (χ1v) is 5.84. The smallest absolute Gasteiger partial charge is 0.399 e. The summed E-state index contributed by atoms with van der Waals surface area (Å²) in [6.45, 7) is 7.86. The maximum atomic E-state index is 11.1.